The van der Waals surface area contributed by atoms with Gasteiger partial charge in [-0.2, -0.15) is 0 Å². The van der Waals surface area contributed by atoms with Crippen molar-refractivity contribution in [1.29, 1.82) is 0 Å². The van der Waals surface area contributed by atoms with Crippen LogP contribution < -0.4 is 4.74 Å². The van der Waals surface area contributed by atoms with Gasteiger partial charge >= 0.3 is 0 Å². The van der Waals surface area contributed by atoms with Crippen molar-refractivity contribution in [2.75, 3.05) is 34.3 Å². The van der Waals surface area contributed by atoms with Crippen LogP contribution in [0.25, 0.3) is 0 Å². The zero-order chi connectivity index (χ0) is 17.7. The van der Waals surface area contributed by atoms with E-state index in [2.05, 4.69) is 30.3 Å². The van der Waals surface area contributed by atoms with Gasteiger partial charge in [-0.15, -0.1) is 11.3 Å². The number of likely N-dealkylation sites (N-methyl/N-ethyl adjacent to an activating group) is 1. The molecule has 5 nitrogen and oxygen atoms in total. The van der Waals surface area contributed by atoms with Gasteiger partial charge in [-0.05, 0) is 55.2 Å². The van der Waals surface area contributed by atoms with E-state index in [1.165, 1.54) is 28.8 Å². The molecule has 0 bridgehead atoms. The van der Waals surface area contributed by atoms with Crippen molar-refractivity contribution in [2.45, 2.75) is 18.4 Å². The summed E-state index contributed by atoms with van der Waals surface area (Å²) in [4.78, 5) is 3.85. The molecule has 0 saturated carbocycles. The Morgan fingerprint density at radius 2 is 1.75 bits per heavy atom. The first kappa shape index (κ1) is 18.9. The molecule has 0 spiro atoms. The third-order valence-electron chi connectivity index (χ3n) is 3.73. The highest BCUT2D eigenvalue weighted by atomic mass is 32.2. The Balaban J connectivity index is 1.83. The van der Waals surface area contributed by atoms with E-state index in [0.29, 0.717) is 12.4 Å². The van der Waals surface area contributed by atoms with Crippen LogP contribution in [-0.2, 0) is 16.6 Å². The molecule has 7 heteroatoms. The molecular formula is C17H24N2O3S2. The fraction of sp³-hybridized carbons (Fsp3) is 0.412. The van der Waals surface area contributed by atoms with Crippen LogP contribution in [0.2, 0.25) is 0 Å². The van der Waals surface area contributed by atoms with Gasteiger partial charge in [-0.3, -0.25) is 4.90 Å². The van der Waals surface area contributed by atoms with Crippen LogP contribution in [0.1, 0.15) is 10.4 Å². The van der Waals surface area contributed by atoms with Gasteiger partial charge in [0.15, 0.2) is 0 Å². The van der Waals surface area contributed by atoms with Gasteiger partial charge in [0.2, 0.25) is 10.0 Å². The Bertz CT molecular complexity index is 752. The van der Waals surface area contributed by atoms with Gasteiger partial charge in [0, 0.05) is 32.1 Å². The molecule has 0 unspecified atom stereocenters. The SMILES string of the molecule is Cc1ccsc1CN(C)CCOc1ccc(S(=O)(=O)N(C)C)cc1. The molecule has 0 atom stereocenters. The number of aryl methyl sites for hydroxylation is 1. The average Bonchev–Trinajstić information content (AvgIpc) is 2.92. The zero-order valence-electron chi connectivity index (χ0n) is 14.5. The van der Waals surface area contributed by atoms with Gasteiger partial charge in [0.05, 0.1) is 4.90 Å². The molecule has 132 valence electrons. The average molecular weight is 369 g/mol. The minimum Gasteiger partial charge on any atom is -0.492 e. The summed E-state index contributed by atoms with van der Waals surface area (Å²) in [7, 11) is 1.71. The first-order valence-corrected chi connectivity index (χ1v) is 9.99. The van der Waals surface area contributed by atoms with Crippen molar-refractivity contribution < 1.29 is 13.2 Å². The lowest BCUT2D eigenvalue weighted by atomic mass is 10.3. The van der Waals surface area contributed by atoms with Crippen LogP contribution in [0.5, 0.6) is 5.75 Å². The summed E-state index contributed by atoms with van der Waals surface area (Å²) in [5, 5.41) is 2.11. The molecule has 0 aliphatic carbocycles. The molecule has 0 aliphatic heterocycles. The summed E-state index contributed by atoms with van der Waals surface area (Å²) in [6, 6.07) is 8.67. The fourth-order valence-electron chi connectivity index (χ4n) is 2.13. The lowest BCUT2D eigenvalue weighted by molar-refractivity contribution is 0.233. The third-order valence-corrected chi connectivity index (χ3v) is 6.56. The van der Waals surface area contributed by atoms with Crippen LogP contribution in [0.3, 0.4) is 0 Å². The van der Waals surface area contributed by atoms with Gasteiger partial charge in [-0.1, -0.05) is 0 Å². The van der Waals surface area contributed by atoms with Gasteiger partial charge < -0.3 is 4.74 Å². The molecular weight excluding hydrogens is 344 g/mol. The predicted molar refractivity (Wildman–Crippen MR) is 98.2 cm³/mol. The Morgan fingerprint density at radius 1 is 1.08 bits per heavy atom. The maximum atomic E-state index is 12.0. The summed E-state index contributed by atoms with van der Waals surface area (Å²) in [6.45, 7) is 4.39. The van der Waals surface area contributed by atoms with E-state index in [9.17, 15) is 8.42 Å². The first-order chi connectivity index (χ1) is 11.3. The Hall–Kier alpha value is -1.41. The van der Waals surface area contributed by atoms with Crippen LogP contribution in [0, 0.1) is 6.92 Å². The molecule has 1 heterocycles. The van der Waals surface area contributed by atoms with Crippen molar-refractivity contribution >= 4 is 21.4 Å². The molecule has 0 aliphatic rings. The van der Waals surface area contributed by atoms with E-state index in [1.807, 2.05) is 0 Å². The Labute approximate surface area is 148 Å². The highest BCUT2D eigenvalue weighted by molar-refractivity contribution is 7.89. The number of thiophene rings is 1. The van der Waals surface area contributed by atoms with Crippen molar-refractivity contribution in [2.24, 2.45) is 0 Å². The van der Waals surface area contributed by atoms with Crippen molar-refractivity contribution in [1.82, 2.24) is 9.21 Å². The van der Waals surface area contributed by atoms with Gasteiger partial charge in [0.1, 0.15) is 12.4 Å². The lowest BCUT2D eigenvalue weighted by Gasteiger charge is -2.17. The van der Waals surface area contributed by atoms with Gasteiger partial charge in [-0.25, -0.2) is 12.7 Å². The lowest BCUT2D eigenvalue weighted by Crippen LogP contribution is -2.24. The largest absolute Gasteiger partial charge is 0.492 e. The summed E-state index contributed by atoms with van der Waals surface area (Å²) >= 11 is 1.77. The van der Waals surface area contributed by atoms with Crippen molar-refractivity contribution in [3.8, 4) is 5.75 Å². The number of ether oxygens (including phenoxy) is 1. The van der Waals surface area contributed by atoms with Crippen molar-refractivity contribution in [3.63, 3.8) is 0 Å². The van der Waals surface area contributed by atoms with E-state index in [1.54, 1.807) is 35.6 Å². The van der Waals surface area contributed by atoms with Gasteiger partial charge in [0.25, 0.3) is 0 Å². The second kappa shape index (κ2) is 8.11. The molecule has 2 aromatic rings. The summed E-state index contributed by atoms with van der Waals surface area (Å²) < 4.78 is 30.9. The quantitative estimate of drug-likeness (QED) is 0.719. The topological polar surface area (TPSA) is 49.9 Å². The van der Waals surface area contributed by atoms with Crippen LogP contribution in [0.4, 0.5) is 0 Å². The second-order valence-corrected chi connectivity index (χ2v) is 9.02. The van der Waals surface area contributed by atoms with E-state index in [4.69, 9.17) is 4.74 Å². The molecule has 0 N–H and O–H groups in total. The van der Waals surface area contributed by atoms with Crippen LogP contribution in [0.15, 0.2) is 40.6 Å². The monoisotopic (exact) mass is 368 g/mol. The minimum absolute atomic E-state index is 0.269. The highest BCUT2D eigenvalue weighted by Crippen LogP contribution is 2.19. The number of rotatable bonds is 8. The molecule has 1 aromatic carbocycles. The fourth-order valence-corrected chi connectivity index (χ4v) is 4.02. The molecule has 2 rings (SSSR count). The molecule has 0 saturated heterocycles. The van der Waals surface area contributed by atoms with Crippen LogP contribution in [-0.4, -0.2) is 51.9 Å². The van der Waals surface area contributed by atoms with Crippen molar-refractivity contribution in [3.05, 3.63) is 46.2 Å². The molecule has 1 aromatic heterocycles. The highest BCUT2D eigenvalue weighted by Gasteiger charge is 2.16. The van der Waals surface area contributed by atoms with E-state index >= 15 is 0 Å². The number of nitrogens with zero attached hydrogens (tertiary/aromatic N) is 2. The normalized spacial score (nSPS) is 12.1. The molecule has 0 amide bonds. The zero-order valence-corrected chi connectivity index (χ0v) is 16.2. The number of hydrogen-bond acceptors (Lipinski definition) is 5. The molecule has 0 radical (unpaired) electrons. The number of sulfonamides is 1. The maximum absolute atomic E-state index is 12.0. The summed E-state index contributed by atoms with van der Waals surface area (Å²) in [6.07, 6.45) is 0. The Kier molecular flexibility index (Phi) is 6.40. The third kappa shape index (κ3) is 4.80. The molecule has 24 heavy (non-hydrogen) atoms. The first-order valence-electron chi connectivity index (χ1n) is 7.67. The maximum Gasteiger partial charge on any atom is 0.242 e. The van der Waals surface area contributed by atoms with Crippen LogP contribution >= 0.6 is 11.3 Å². The van der Waals surface area contributed by atoms with E-state index in [0.717, 1.165) is 13.1 Å². The predicted octanol–water partition coefficient (Wildman–Crippen LogP) is 2.82. The minimum atomic E-state index is -3.39. The smallest absolute Gasteiger partial charge is 0.242 e. The Morgan fingerprint density at radius 3 is 2.29 bits per heavy atom. The molecule has 0 fully saturated rings. The van der Waals surface area contributed by atoms with E-state index < -0.39 is 10.0 Å². The number of benzene rings is 1. The second-order valence-electron chi connectivity index (χ2n) is 5.87. The van der Waals surface area contributed by atoms with E-state index in [-0.39, 0.29) is 4.90 Å². The summed E-state index contributed by atoms with van der Waals surface area (Å²) in [5.74, 6) is 0.674. The standard InChI is InChI=1S/C17H24N2O3S2/c1-14-9-12-23-17(14)13-19(4)10-11-22-15-5-7-16(8-6-15)24(20,21)18(2)3/h5-9,12H,10-11,13H2,1-4H3. The summed E-state index contributed by atoms with van der Waals surface area (Å²) in [5.41, 5.74) is 1.32. The number of hydrogen-bond donors (Lipinski definition) is 0.